The number of carbonyl (C=O) groups is 1. The summed E-state index contributed by atoms with van der Waals surface area (Å²) in [6, 6.07) is 0. The molecule has 0 aromatic rings. The van der Waals surface area contributed by atoms with Crippen molar-refractivity contribution in [1.29, 1.82) is 0 Å². The fourth-order valence-corrected chi connectivity index (χ4v) is 1.12. The highest BCUT2D eigenvalue weighted by molar-refractivity contribution is 5.77. The minimum Gasteiger partial charge on any atom is -0.379 e. The predicted octanol–water partition coefficient (Wildman–Crippen LogP) is 0.401. The predicted molar refractivity (Wildman–Crippen MR) is 68.0 cm³/mol. The number of amides is 1. The SMILES string of the molecule is CNCCCOCCOCCNC(=O)C(C)C. The zero-order valence-corrected chi connectivity index (χ0v) is 11.3. The Labute approximate surface area is 104 Å². The number of rotatable bonds is 11. The van der Waals surface area contributed by atoms with E-state index in [-0.39, 0.29) is 11.8 Å². The van der Waals surface area contributed by atoms with Gasteiger partial charge < -0.3 is 20.1 Å². The van der Waals surface area contributed by atoms with Crippen LogP contribution in [0.1, 0.15) is 20.3 Å². The number of ether oxygens (including phenoxy) is 2. The van der Waals surface area contributed by atoms with Crippen LogP contribution in [0.2, 0.25) is 0 Å². The van der Waals surface area contributed by atoms with E-state index in [0.717, 1.165) is 19.6 Å². The van der Waals surface area contributed by atoms with Gasteiger partial charge in [0, 0.05) is 19.1 Å². The zero-order valence-electron chi connectivity index (χ0n) is 11.3. The fraction of sp³-hybridized carbons (Fsp3) is 0.917. The topological polar surface area (TPSA) is 59.6 Å². The second-order valence-corrected chi connectivity index (χ2v) is 4.13. The van der Waals surface area contributed by atoms with Crippen LogP contribution in [-0.2, 0) is 14.3 Å². The first-order chi connectivity index (χ1) is 8.18. The lowest BCUT2D eigenvalue weighted by molar-refractivity contribution is -0.124. The Hall–Kier alpha value is -0.650. The molecule has 0 unspecified atom stereocenters. The summed E-state index contributed by atoms with van der Waals surface area (Å²) in [6.45, 7) is 7.77. The number of hydrogen-bond donors (Lipinski definition) is 2. The molecule has 0 aliphatic carbocycles. The van der Waals surface area contributed by atoms with E-state index < -0.39 is 0 Å². The third kappa shape index (κ3) is 11.6. The monoisotopic (exact) mass is 246 g/mol. The highest BCUT2D eigenvalue weighted by atomic mass is 16.5. The lowest BCUT2D eigenvalue weighted by Crippen LogP contribution is -2.31. The van der Waals surface area contributed by atoms with Crippen molar-refractivity contribution in [3.8, 4) is 0 Å². The average molecular weight is 246 g/mol. The minimum absolute atomic E-state index is 0.0329. The van der Waals surface area contributed by atoms with E-state index in [4.69, 9.17) is 9.47 Å². The molecule has 5 heteroatoms. The molecule has 0 spiro atoms. The molecule has 102 valence electrons. The van der Waals surface area contributed by atoms with Gasteiger partial charge >= 0.3 is 0 Å². The highest BCUT2D eigenvalue weighted by Crippen LogP contribution is 1.89. The van der Waals surface area contributed by atoms with Crippen molar-refractivity contribution in [3.05, 3.63) is 0 Å². The number of carbonyl (C=O) groups excluding carboxylic acids is 1. The van der Waals surface area contributed by atoms with Gasteiger partial charge in [-0.1, -0.05) is 13.8 Å². The van der Waals surface area contributed by atoms with Crippen LogP contribution in [0.3, 0.4) is 0 Å². The van der Waals surface area contributed by atoms with Gasteiger partial charge in [-0.25, -0.2) is 0 Å². The van der Waals surface area contributed by atoms with Crippen LogP contribution < -0.4 is 10.6 Å². The standard InChI is InChI=1S/C12H26N2O3/c1-11(2)12(15)14-6-8-17-10-9-16-7-4-5-13-3/h11,13H,4-10H2,1-3H3,(H,14,15). The van der Waals surface area contributed by atoms with E-state index in [1.165, 1.54) is 0 Å². The molecule has 0 radical (unpaired) electrons. The van der Waals surface area contributed by atoms with Crippen molar-refractivity contribution in [3.63, 3.8) is 0 Å². The van der Waals surface area contributed by atoms with Gasteiger partial charge in [-0.3, -0.25) is 4.79 Å². The zero-order chi connectivity index (χ0) is 12.9. The molecule has 0 saturated carbocycles. The minimum atomic E-state index is 0.0329. The Morgan fingerprint density at radius 3 is 2.29 bits per heavy atom. The summed E-state index contributed by atoms with van der Waals surface area (Å²) in [5.74, 6) is 0.0995. The molecular weight excluding hydrogens is 220 g/mol. The van der Waals surface area contributed by atoms with Crippen LogP contribution in [0.25, 0.3) is 0 Å². The van der Waals surface area contributed by atoms with Gasteiger partial charge in [0.15, 0.2) is 0 Å². The Balaban J connectivity index is 3.06. The Morgan fingerprint density at radius 2 is 1.71 bits per heavy atom. The molecule has 0 aromatic carbocycles. The highest BCUT2D eigenvalue weighted by Gasteiger charge is 2.04. The molecule has 0 aromatic heterocycles. The van der Waals surface area contributed by atoms with Crippen molar-refractivity contribution in [2.45, 2.75) is 20.3 Å². The maximum atomic E-state index is 11.2. The van der Waals surface area contributed by atoms with E-state index in [1.807, 2.05) is 20.9 Å². The summed E-state index contributed by atoms with van der Waals surface area (Å²) in [5, 5.41) is 5.84. The molecule has 0 atom stereocenters. The Bertz CT molecular complexity index is 187. The Kier molecular flexibility index (Phi) is 11.4. The van der Waals surface area contributed by atoms with Gasteiger partial charge in [0.05, 0.1) is 19.8 Å². The molecule has 2 N–H and O–H groups in total. The first-order valence-corrected chi connectivity index (χ1v) is 6.26. The van der Waals surface area contributed by atoms with Crippen LogP contribution in [0.4, 0.5) is 0 Å². The van der Waals surface area contributed by atoms with Crippen molar-refractivity contribution in [2.75, 3.05) is 46.6 Å². The molecule has 0 aliphatic heterocycles. The van der Waals surface area contributed by atoms with Gasteiger partial charge in [0.2, 0.25) is 5.91 Å². The Morgan fingerprint density at radius 1 is 1.06 bits per heavy atom. The second-order valence-electron chi connectivity index (χ2n) is 4.13. The molecule has 17 heavy (non-hydrogen) atoms. The van der Waals surface area contributed by atoms with Crippen LogP contribution in [0.15, 0.2) is 0 Å². The molecule has 0 fully saturated rings. The normalized spacial score (nSPS) is 10.8. The first kappa shape index (κ1) is 16.4. The van der Waals surface area contributed by atoms with E-state index >= 15 is 0 Å². The van der Waals surface area contributed by atoms with Gasteiger partial charge in [0.1, 0.15) is 0 Å². The van der Waals surface area contributed by atoms with Crippen molar-refractivity contribution in [2.24, 2.45) is 5.92 Å². The van der Waals surface area contributed by atoms with Crippen molar-refractivity contribution >= 4 is 5.91 Å². The van der Waals surface area contributed by atoms with Gasteiger partial charge in [-0.15, -0.1) is 0 Å². The van der Waals surface area contributed by atoms with E-state index in [1.54, 1.807) is 0 Å². The molecule has 0 rings (SSSR count). The average Bonchev–Trinajstić information content (AvgIpc) is 2.31. The molecular formula is C12H26N2O3. The van der Waals surface area contributed by atoms with E-state index in [2.05, 4.69) is 10.6 Å². The third-order valence-electron chi connectivity index (χ3n) is 2.16. The summed E-state index contributed by atoms with van der Waals surface area (Å²) in [7, 11) is 1.93. The van der Waals surface area contributed by atoms with Gasteiger partial charge in [-0.05, 0) is 20.0 Å². The van der Waals surface area contributed by atoms with Gasteiger partial charge in [-0.2, -0.15) is 0 Å². The lowest BCUT2D eigenvalue weighted by atomic mass is 10.2. The maximum absolute atomic E-state index is 11.2. The second kappa shape index (κ2) is 11.8. The summed E-state index contributed by atoms with van der Waals surface area (Å²) in [6.07, 6.45) is 1.01. The summed E-state index contributed by atoms with van der Waals surface area (Å²) >= 11 is 0. The van der Waals surface area contributed by atoms with Crippen LogP contribution in [0.5, 0.6) is 0 Å². The number of hydrogen-bond acceptors (Lipinski definition) is 4. The molecule has 0 aliphatic rings. The van der Waals surface area contributed by atoms with E-state index in [0.29, 0.717) is 26.4 Å². The van der Waals surface area contributed by atoms with E-state index in [9.17, 15) is 4.79 Å². The third-order valence-corrected chi connectivity index (χ3v) is 2.16. The summed E-state index contributed by atoms with van der Waals surface area (Å²) in [5.41, 5.74) is 0. The first-order valence-electron chi connectivity index (χ1n) is 6.26. The quantitative estimate of drug-likeness (QED) is 0.518. The molecule has 0 saturated heterocycles. The molecule has 1 amide bonds. The molecule has 0 heterocycles. The smallest absolute Gasteiger partial charge is 0.222 e. The van der Waals surface area contributed by atoms with Crippen molar-refractivity contribution in [1.82, 2.24) is 10.6 Å². The van der Waals surface area contributed by atoms with Crippen molar-refractivity contribution < 1.29 is 14.3 Å². The molecule has 5 nitrogen and oxygen atoms in total. The summed E-state index contributed by atoms with van der Waals surface area (Å²) in [4.78, 5) is 11.2. The lowest BCUT2D eigenvalue weighted by Gasteiger charge is -2.08. The largest absolute Gasteiger partial charge is 0.379 e. The van der Waals surface area contributed by atoms with Crippen LogP contribution in [-0.4, -0.2) is 52.5 Å². The molecule has 0 bridgehead atoms. The fourth-order valence-electron chi connectivity index (χ4n) is 1.12. The van der Waals surface area contributed by atoms with Crippen LogP contribution in [0, 0.1) is 5.92 Å². The maximum Gasteiger partial charge on any atom is 0.222 e. The van der Waals surface area contributed by atoms with Gasteiger partial charge in [0.25, 0.3) is 0 Å². The number of nitrogens with one attached hydrogen (secondary N) is 2. The summed E-state index contributed by atoms with van der Waals surface area (Å²) < 4.78 is 10.7. The van der Waals surface area contributed by atoms with Crippen LogP contribution >= 0.6 is 0 Å².